The molecule has 2 rings (SSSR count). The molecular weight excluding hydrogens is 300 g/mol. The average molecular weight is 320 g/mol. The van der Waals surface area contributed by atoms with E-state index in [4.69, 9.17) is 9.47 Å². The van der Waals surface area contributed by atoms with Crippen LogP contribution in [0.3, 0.4) is 0 Å². The van der Waals surface area contributed by atoms with E-state index in [9.17, 15) is 0 Å². The molecule has 2 aromatic carbocycles. The SMILES string of the molecule is Sc1ccc(OCCCCCOc2ccc(S)cc2)cc1. The first kappa shape index (κ1) is 16.1. The fourth-order valence-corrected chi connectivity index (χ4v) is 2.14. The van der Waals surface area contributed by atoms with Crippen molar-refractivity contribution in [2.75, 3.05) is 13.2 Å². The van der Waals surface area contributed by atoms with Gasteiger partial charge in [-0.05, 0) is 67.8 Å². The Morgan fingerprint density at radius 3 is 1.33 bits per heavy atom. The minimum Gasteiger partial charge on any atom is -0.494 e. The number of benzene rings is 2. The molecule has 0 spiro atoms. The van der Waals surface area contributed by atoms with E-state index in [0.717, 1.165) is 53.8 Å². The Balaban J connectivity index is 1.52. The molecule has 21 heavy (non-hydrogen) atoms. The summed E-state index contributed by atoms with van der Waals surface area (Å²) in [5, 5.41) is 0. The van der Waals surface area contributed by atoms with Crippen molar-refractivity contribution in [1.29, 1.82) is 0 Å². The van der Waals surface area contributed by atoms with Gasteiger partial charge in [-0.15, -0.1) is 25.3 Å². The lowest BCUT2D eigenvalue weighted by Gasteiger charge is -2.07. The summed E-state index contributed by atoms with van der Waals surface area (Å²) in [6.07, 6.45) is 3.15. The Kier molecular flexibility index (Phi) is 6.83. The molecule has 0 fully saturated rings. The first-order chi connectivity index (χ1) is 10.2. The maximum absolute atomic E-state index is 5.66. The molecule has 0 saturated heterocycles. The standard InChI is InChI=1S/C17H20O2S2/c20-16-8-4-14(5-9-16)18-12-2-1-3-13-19-15-6-10-17(21)11-7-15/h4-11,20-21H,1-3,12-13H2. The van der Waals surface area contributed by atoms with Crippen molar-refractivity contribution >= 4 is 25.3 Å². The van der Waals surface area contributed by atoms with Crippen molar-refractivity contribution in [3.63, 3.8) is 0 Å². The van der Waals surface area contributed by atoms with Crippen LogP contribution in [0.25, 0.3) is 0 Å². The second-order valence-electron chi connectivity index (χ2n) is 4.75. The zero-order valence-electron chi connectivity index (χ0n) is 11.9. The van der Waals surface area contributed by atoms with Gasteiger partial charge in [0.1, 0.15) is 11.5 Å². The van der Waals surface area contributed by atoms with E-state index in [1.165, 1.54) is 0 Å². The molecule has 112 valence electrons. The van der Waals surface area contributed by atoms with Crippen LogP contribution in [0.2, 0.25) is 0 Å². The number of ether oxygens (including phenoxy) is 2. The van der Waals surface area contributed by atoms with Crippen LogP contribution in [-0.4, -0.2) is 13.2 Å². The van der Waals surface area contributed by atoms with Gasteiger partial charge in [0, 0.05) is 9.79 Å². The van der Waals surface area contributed by atoms with Crippen LogP contribution >= 0.6 is 25.3 Å². The topological polar surface area (TPSA) is 18.5 Å². The molecule has 0 saturated carbocycles. The molecule has 0 aliphatic carbocycles. The summed E-state index contributed by atoms with van der Waals surface area (Å²) in [4.78, 5) is 1.90. The van der Waals surface area contributed by atoms with Crippen molar-refractivity contribution in [2.45, 2.75) is 29.1 Å². The van der Waals surface area contributed by atoms with Gasteiger partial charge in [-0.2, -0.15) is 0 Å². The summed E-state index contributed by atoms with van der Waals surface area (Å²) < 4.78 is 11.3. The summed E-state index contributed by atoms with van der Waals surface area (Å²) in [6.45, 7) is 1.47. The van der Waals surface area contributed by atoms with E-state index >= 15 is 0 Å². The second kappa shape index (κ2) is 8.90. The molecule has 0 heterocycles. The van der Waals surface area contributed by atoms with Crippen LogP contribution in [0.15, 0.2) is 58.3 Å². The van der Waals surface area contributed by atoms with Crippen molar-refractivity contribution in [3.05, 3.63) is 48.5 Å². The van der Waals surface area contributed by atoms with Crippen LogP contribution in [0.1, 0.15) is 19.3 Å². The zero-order chi connectivity index (χ0) is 14.9. The molecule has 0 aromatic heterocycles. The van der Waals surface area contributed by atoms with Crippen LogP contribution < -0.4 is 9.47 Å². The molecule has 4 heteroatoms. The summed E-state index contributed by atoms with van der Waals surface area (Å²) in [7, 11) is 0. The minimum atomic E-state index is 0.736. The fourth-order valence-electron chi connectivity index (χ4n) is 1.85. The molecule has 2 nitrogen and oxygen atoms in total. The molecule has 0 amide bonds. The van der Waals surface area contributed by atoms with Gasteiger partial charge in [-0.1, -0.05) is 0 Å². The third kappa shape index (κ3) is 6.36. The molecule has 0 aliphatic rings. The van der Waals surface area contributed by atoms with Gasteiger partial charge in [0.2, 0.25) is 0 Å². The van der Waals surface area contributed by atoms with Gasteiger partial charge in [-0.3, -0.25) is 0 Å². The smallest absolute Gasteiger partial charge is 0.119 e. The largest absolute Gasteiger partial charge is 0.494 e. The van der Waals surface area contributed by atoms with Crippen molar-refractivity contribution in [3.8, 4) is 11.5 Å². The van der Waals surface area contributed by atoms with Crippen LogP contribution in [-0.2, 0) is 0 Å². The molecular formula is C17H20O2S2. The van der Waals surface area contributed by atoms with Crippen LogP contribution in [0.5, 0.6) is 11.5 Å². The van der Waals surface area contributed by atoms with E-state index in [1.807, 2.05) is 48.5 Å². The average Bonchev–Trinajstić information content (AvgIpc) is 2.50. The highest BCUT2D eigenvalue weighted by atomic mass is 32.1. The normalized spacial score (nSPS) is 10.4. The highest BCUT2D eigenvalue weighted by Crippen LogP contribution is 2.16. The first-order valence-corrected chi connectivity index (χ1v) is 7.97. The van der Waals surface area contributed by atoms with E-state index in [2.05, 4.69) is 25.3 Å². The number of hydrogen-bond donors (Lipinski definition) is 2. The lowest BCUT2D eigenvalue weighted by molar-refractivity contribution is 0.279. The van der Waals surface area contributed by atoms with Crippen LogP contribution in [0, 0.1) is 0 Å². The van der Waals surface area contributed by atoms with Gasteiger partial charge in [-0.25, -0.2) is 0 Å². The summed E-state index contributed by atoms with van der Waals surface area (Å²) in [5.74, 6) is 1.80. The van der Waals surface area contributed by atoms with Gasteiger partial charge >= 0.3 is 0 Å². The number of rotatable bonds is 8. The maximum atomic E-state index is 5.66. The predicted octanol–water partition coefficient (Wildman–Crippen LogP) is 4.89. The Bertz CT molecular complexity index is 474. The predicted molar refractivity (Wildman–Crippen MR) is 92.2 cm³/mol. The Morgan fingerprint density at radius 1 is 0.571 bits per heavy atom. The number of hydrogen-bond acceptors (Lipinski definition) is 4. The summed E-state index contributed by atoms with van der Waals surface area (Å²) in [5.41, 5.74) is 0. The Hall–Kier alpha value is -1.26. The van der Waals surface area contributed by atoms with Gasteiger partial charge in [0.05, 0.1) is 13.2 Å². The third-order valence-electron chi connectivity index (χ3n) is 3.00. The van der Waals surface area contributed by atoms with Gasteiger partial charge in [0.25, 0.3) is 0 Å². The minimum absolute atomic E-state index is 0.736. The molecule has 2 aromatic rings. The lowest BCUT2D eigenvalue weighted by atomic mass is 10.2. The van der Waals surface area contributed by atoms with Crippen molar-refractivity contribution in [1.82, 2.24) is 0 Å². The first-order valence-electron chi connectivity index (χ1n) is 7.08. The Morgan fingerprint density at radius 2 is 0.952 bits per heavy atom. The van der Waals surface area contributed by atoms with Gasteiger partial charge in [0.15, 0.2) is 0 Å². The molecule has 0 N–H and O–H groups in total. The van der Waals surface area contributed by atoms with Crippen molar-refractivity contribution in [2.24, 2.45) is 0 Å². The van der Waals surface area contributed by atoms with E-state index in [-0.39, 0.29) is 0 Å². The second-order valence-corrected chi connectivity index (χ2v) is 5.78. The highest BCUT2D eigenvalue weighted by molar-refractivity contribution is 7.80. The highest BCUT2D eigenvalue weighted by Gasteiger charge is 1.96. The Labute approximate surface area is 137 Å². The molecule has 0 radical (unpaired) electrons. The lowest BCUT2D eigenvalue weighted by Crippen LogP contribution is -2.00. The van der Waals surface area contributed by atoms with E-state index in [1.54, 1.807) is 0 Å². The summed E-state index contributed by atoms with van der Waals surface area (Å²) >= 11 is 8.48. The fraction of sp³-hybridized carbons (Fsp3) is 0.294. The number of thiol groups is 2. The molecule has 0 bridgehead atoms. The maximum Gasteiger partial charge on any atom is 0.119 e. The number of unbranched alkanes of at least 4 members (excludes halogenated alkanes) is 2. The van der Waals surface area contributed by atoms with Gasteiger partial charge < -0.3 is 9.47 Å². The molecule has 0 atom stereocenters. The monoisotopic (exact) mass is 320 g/mol. The van der Waals surface area contributed by atoms with Crippen molar-refractivity contribution < 1.29 is 9.47 Å². The molecule has 0 aliphatic heterocycles. The molecule has 0 unspecified atom stereocenters. The summed E-state index contributed by atoms with van der Waals surface area (Å²) in [6, 6.07) is 15.5. The third-order valence-corrected chi connectivity index (χ3v) is 3.60. The van der Waals surface area contributed by atoms with E-state index < -0.39 is 0 Å². The van der Waals surface area contributed by atoms with Crippen LogP contribution in [0.4, 0.5) is 0 Å². The quantitative estimate of drug-likeness (QED) is 0.533. The zero-order valence-corrected chi connectivity index (χ0v) is 13.7. The van der Waals surface area contributed by atoms with E-state index in [0.29, 0.717) is 0 Å².